The number of hydrogen-bond donors (Lipinski definition) is 2. The third-order valence-corrected chi connectivity index (χ3v) is 5.32. The number of carbonyl (C=O) groups is 2. The Bertz CT molecular complexity index is 884. The molecule has 2 amide bonds. The molecule has 0 unspecified atom stereocenters. The minimum atomic E-state index is -0.455. The van der Waals surface area contributed by atoms with Crippen LogP contribution in [0, 0.1) is 5.92 Å². The van der Waals surface area contributed by atoms with E-state index in [0.717, 1.165) is 19.3 Å². The van der Waals surface area contributed by atoms with E-state index in [-0.39, 0.29) is 11.7 Å². The summed E-state index contributed by atoms with van der Waals surface area (Å²) in [4.78, 5) is 24.4. The zero-order chi connectivity index (χ0) is 21.5. The van der Waals surface area contributed by atoms with Crippen molar-refractivity contribution >= 4 is 23.6 Å². The van der Waals surface area contributed by atoms with Gasteiger partial charge < -0.3 is 9.47 Å². The highest BCUT2D eigenvalue weighted by atomic mass is 32.2. The smallest absolute Gasteiger partial charge is 0.269 e. The van der Waals surface area contributed by atoms with Crippen molar-refractivity contribution in [1.82, 2.24) is 31.1 Å². The highest BCUT2D eigenvalue weighted by Gasteiger charge is 2.28. The number of methoxy groups -OCH3 is 1. The predicted octanol–water partition coefficient (Wildman–Crippen LogP) is 1.99. The molecule has 30 heavy (non-hydrogen) atoms. The van der Waals surface area contributed by atoms with Crippen molar-refractivity contribution in [1.29, 1.82) is 0 Å². The molecule has 0 bridgehead atoms. The first-order chi connectivity index (χ1) is 14.5. The largest absolute Gasteiger partial charge is 0.493 e. The second kappa shape index (κ2) is 10.3. The second-order valence-corrected chi connectivity index (χ2v) is 8.27. The van der Waals surface area contributed by atoms with E-state index in [0.29, 0.717) is 40.8 Å². The fourth-order valence-corrected chi connectivity index (χ4v) is 3.27. The third-order valence-electron chi connectivity index (χ3n) is 4.38. The predicted molar refractivity (Wildman–Crippen MR) is 110 cm³/mol. The van der Waals surface area contributed by atoms with Crippen LogP contribution in [0.15, 0.2) is 23.4 Å². The van der Waals surface area contributed by atoms with E-state index in [1.54, 1.807) is 22.9 Å². The van der Waals surface area contributed by atoms with Gasteiger partial charge in [-0.25, -0.2) is 4.68 Å². The normalized spacial score (nSPS) is 13.2. The third kappa shape index (κ3) is 6.09. The number of nitrogens with zero attached hydrogens (tertiary/aromatic N) is 4. The van der Waals surface area contributed by atoms with Gasteiger partial charge in [0, 0.05) is 5.56 Å². The lowest BCUT2D eigenvalue weighted by Gasteiger charge is -2.13. The number of hydrogen-bond acceptors (Lipinski definition) is 8. The summed E-state index contributed by atoms with van der Waals surface area (Å²) in [6.07, 6.45) is 3.01. The van der Waals surface area contributed by atoms with Gasteiger partial charge in [-0.3, -0.25) is 20.4 Å². The van der Waals surface area contributed by atoms with Gasteiger partial charge in [-0.15, -0.1) is 5.10 Å². The first-order valence-electron chi connectivity index (χ1n) is 9.78. The van der Waals surface area contributed by atoms with Gasteiger partial charge in [0.1, 0.15) is 0 Å². The van der Waals surface area contributed by atoms with E-state index >= 15 is 0 Å². The van der Waals surface area contributed by atoms with Gasteiger partial charge in [0.05, 0.1) is 25.5 Å². The van der Waals surface area contributed by atoms with Crippen LogP contribution >= 0.6 is 11.8 Å². The average Bonchev–Trinajstić information content (AvgIpc) is 3.47. The highest BCUT2D eigenvalue weighted by Crippen LogP contribution is 2.36. The van der Waals surface area contributed by atoms with Crippen molar-refractivity contribution in [2.75, 3.05) is 19.5 Å². The van der Waals surface area contributed by atoms with Gasteiger partial charge in [-0.1, -0.05) is 25.6 Å². The van der Waals surface area contributed by atoms with Crippen molar-refractivity contribution in [3.05, 3.63) is 23.8 Å². The van der Waals surface area contributed by atoms with E-state index in [9.17, 15) is 9.59 Å². The Morgan fingerprint density at radius 1 is 1.27 bits per heavy atom. The summed E-state index contributed by atoms with van der Waals surface area (Å²) in [5, 5.41) is 12.1. The Hall–Kier alpha value is -2.82. The molecule has 2 N–H and O–H groups in total. The number of hydrazine groups is 1. The van der Waals surface area contributed by atoms with E-state index in [4.69, 9.17) is 9.47 Å². The molecule has 11 heteroatoms. The number of benzene rings is 1. The molecule has 1 fully saturated rings. The summed E-state index contributed by atoms with van der Waals surface area (Å²) in [6, 6.07) is 5.21. The topological polar surface area (TPSA) is 120 Å². The molecule has 1 aliphatic rings. The standard InChI is InChI=1S/C19H26N6O4S/c1-12(2)8-9-29-15-7-4-13(10-16(15)28-3)18(27)21-20-17(26)11-30-19-22-23-24-25(19)14-5-6-14/h4,7,10,12,14H,5-6,8-9,11H2,1-3H3,(H,20,26)(H,21,27). The molecule has 1 aliphatic carbocycles. The number of thioether (sulfide) groups is 1. The zero-order valence-corrected chi connectivity index (χ0v) is 18.1. The Labute approximate surface area is 179 Å². The van der Waals surface area contributed by atoms with Crippen molar-refractivity contribution in [3.8, 4) is 11.5 Å². The first kappa shape index (κ1) is 21.9. The zero-order valence-electron chi connectivity index (χ0n) is 17.3. The van der Waals surface area contributed by atoms with Crippen LogP contribution in [0.1, 0.15) is 49.5 Å². The Kier molecular flexibility index (Phi) is 7.50. The fourth-order valence-electron chi connectivity index (χ4n) is 2.53. The molecule has 0 radical (unpaired) electrons. The summed E-state index contributed by atoms with van der Waals surface area (Å²) in [6.45, 7) is 4.81. The SMILES string of the molecule is COc1cc(C(=O)NNC(=O)CSc2nnnn2C2CC2)ccc1OCCC(C)C. The minimum Gasteiger partial charge on any atom is -0.493 e. The van der Waals surface area contributed by atoms with Crippen LogP contribution in [-0.4, -0.2) is 51.5 Å². The molecule has 2 aromatic rings. The summed E-state index contributed by atoms with van der Waals surface area (Å²) < 4.78 is 12.8. The lowest BCUT2D eigenvalue weighted by molar-refractivity contribution is -0.119. The molecule has 1 aromatic heterocycles. The fraction of sp³-hybridized carbons (Fsp3) is 0.526. The Morgan fingerprint density at radius 2 is 2.07 bits per heavy atom. The van der Waals surface area contributed by atoms with E-state index in [1.807, 2.05) is 0 Å². The van der Waals surface area contributed by atoms with Crippen LogP contribution in [0.4, 0.5) is 0 Å². The average molecular weight is 435 g/mol. The van der Waals surface area contributed by atoms with Gasteiger partial charge in [0.25, 0.3) is 5.91 Å². The molecular weight excluding hydrogens is 408 g/mol. The van der Waals surface area contributed by atoms with Gasteiger partial charge in [0.15, 0.2) is 11.5 Å². The molecule has 162 valence electrons. The maximum absolute atomic E-state index is 12.4. The highest BCUT2D eigenvalue weighted by molar-refractivity contribution is 7.99. The van der Waals surface area contributed by atoms with Gasteiger partial charge in [0.2, 0.25) is 11.1 Å². The van der Waals surface area contributed by atoms with E-state index < -0.39 is 5.91 Å². The van der Waals surface area contributed by atoms with Gasteiger partial charge in [-0.05, 0) is 53.8 Å². The Morgan fingerprint density at radius 3 is 2.77 bits per heavy atom. The quantitative estimate of drug-likeness (QED) is 0.430. The summed E-state index contributed by atoms with van der Waals surface area (Å²) >= 11 is 1.22. The van der Waals surface area contributed by atoms with Crippen LogP contribution in [0.5, 0.6) is 11.5 Å². The molecular formula is C19H26N6O4S. The van der Waals surface area contributed by atoms with Gasteiger partial charge in [-0.2, -0.15) is 0 Å². The number of carbonyl (C=O) groups excluding carboxylic acids is 2. The number of nitrogens with one attached hydrogen (secondary N) is 2. The lowest BCUT2D eigenvalue weighted by atomic mass is 10.1. The number of rotatable bonds is 10. The first-order valence-corrected chi connectivity index (χ1v) is 10.8. The van der Waals surface area contributed by atoms with Crippen molar-refractivity contribution < 1.29 is 19.1 Å². The van der Waals surface area contributed by atoms with E-state index in [1.165, 1.54) is 18.9 Å². The van der Waals surface area contributed by atoms with Crippen LogP contribution in [0.25, 0.3) is 0 Å². The summed E-state index contributed by atoms with van der Waals surface area (Å²) in [7, 11) is 1.51. The molecule has 1 heterocycles. The summed E-state index contributed by atoms with van der Waals surface area (Å²) in [5.41, 5.74) is 5.14. The van der Waals surface area contributed by atoms with Crippen LogP contribution in [0.3, 0.4) is 0 Å². The second-order valence-electron chi connectivity index (χ2n) is 7.32. The number of aromatic nitrogens is 4. The molecule has 10 nitrogen and oxygen atoms in total. The van der Waals surface area contributed by atoms with Crippen molar-refractivity contribution in [2.45, 2.75) is 44.3 Å². The summed E-state index contributed by atoms with van der Waals surface area (Å²) in [5.74, 6) is 0.828. The number of amides is 2. The van der Waals surface area contributed by atoms with Crippen LogP contribution in [0.2, 0.25) is 0 Å². The van der Waals surface area contributed by atoms with Crippen LogP contribution in [-0.2, 0) is 4.79 Å². The molecule has 0 atom stereocenters. The molecule has 1 aromatic carbocycles. The van der Waals surface area contributed by atoms with Crippen LogP contribution < -0.4 is 20.3 Å². The number of tetrazole rings is 1. The molecule has 0 aliphatic heterocycles. The van der Waals surface area contributed by atoms with Crippen molar-refractivity contribution in [3.63, 3.8) is 0 Å². The molecule has 3 rings (SSSR count). The maximum Gasteiger partial charge on any atom is 0.269 e. The maximum atomic E-state index is 12.4. The molecule has 1 saturated carbocycles. The number of ether oxygens (including phenoxy) is 2. The Balaban J connectivity index is 1.47. The van der Waals surface area contributed by atoms with Crippen molar-refractivity contribution in [2.24, 2.45) is 5.92 Å². The minimum absolute atomic E-state index is 0.0827. The lowest BCUT2D eigenvalue weighted by Crippen LogP contribution is -2.42. The monoisotopic (exact) mass is 434 g/mol. The molecule has 0 spiro atoms. The molecule has 0 saturated heterocycles. The van der Waals surface area contributed by atoms with Gasteiger partial charge >= 0.3 is 0 Å². The van der Waals surface area contributed by atoms with E-state index in [2.05, 4.69) is 40.2 Å².